The van der Waals surface area contributed by atoms with Crippen LogP contribution in [0.5, 0.6) is 17.2 Å². The van der Waals surface area contributed by atoms with E-state index < -0.39 is 0 Å². The van der Waals surface area contributed by atoms with Crippen LogP contribution in [0, 0.1) is 0 Å². The van der Waals surface area contributed by atoms with Gasteiger partial charge in [-0.05, 0) is 42.5 Å². The van der Waals surface area contributed by atoms with Crippen molar-refractivity contribution in [2.45, 2.75) is 71.1 Å². The van der Waals surface area contributed by atoms with Crippen molar-refractivity contribution in [3.63, 3.8) is 0 Å². The summed E-state index contributed by atoms with van der Waals surface area (Å²) in [6.45, 7) is 4.50. The number of benzene rings is 2. The molecule has 0 aliphatic carbocycles. The Morgan fingerprint density at radius 2 is 1.44 bits per heavy atom. The number of phenolic OH excluding ortho intramolecular Hbond substituents is 1. The number of unbranched alkanes of at least 4 members (excludes halogenated alkanes) is 4. The first-order chi connectivity index (χ1) is 12.3. The number of aromatic hydroxyl groups is 1. The van der Waals surface area contributed by atoms with Crippen LogP contribution in [0.2, 0.25) is 0 Å². The van der Waals surface area contributed by atoms with Gasteiger partial charge in [0.15, 0.2) is 11.5 Å². The summed E-state index contributed by atoms with van der Waals surface area (Å²) in [6.07, 6.45) is 10.1. The number of para-hydroxylation sites is 3. The van der Waals surface area contributed by atoms with Crippen molar-refractivity contribution in [1.82, 2.24) is 0 Å². The second kappa shape index (κ2) is 10.8. The van der Waals surface area contributed by atoms with Gasteiger partial charge in [0.25, 0.3) is 0 Å². The lowest BCUT2D eigenvalue weighted by atomic mass is 9.88. The molecule has 2 rings (SSSR count). The molecular formula is C23H32O2. The largest absolute Gasteiger partial charge is 0.504 e. The Morgan fingerprint density at radius 1 is 0.760 bits per heavy atom. The quantitative estimate of drug-likeness (QED) is 0.431. The summed E-state index contributed by atoms with van der Waals surface area (Å²) in [7, 11) is 0. The number of ether oxygens (including phenoxy) is 1. The molecule has 0 amide bonds. The number of hydrogen-bond acceptors (Lipinski definition) is 2. The van der Waals surface area contributed by atoms with Crippen LogP contribution in [0.3, 0.4) is 0 Å². The van der Waals surface area contributed by atoms with Crippen LogP contribution in [-0.2, 0) is 0 Å². The van der Waals surface area contributed by atoms with Crippen molar-refractivity contribution in [2.24, 2.45) is 0 Å². The predicted molar refractivity (Wildman–Crippen MR) is 106 cm³/mol. The van der Waals surface area contributed by atoms with E-state index in [1.165, 1.54) is 56.9 Å². The second-order valence-electron chi connectivity index (χ2n) is 6.80. The zero-order valence-corrected chi connectivity index (χ0v) is 15.7. The molecule has 0 heterocycles. The normalized spacial score (nSPS) is 12.1. The summed E-state index contributed by atoms with van der Waals surface area (Å²) >= 11 is 0. The third-order valence-electron chi connectivity index (χ3n) is 4.74. The molecule has 0 aliphatic rings. The van der Waals surface area contributed by atoms with Crippen LogP contribution in [0.1, 0.15) is 76.7 Å². The zero-order chi connectivity index (χ0) is 17.9. The van der Waals surface area contributed by atoms with Crippen LogP contribution in [0.25, 0.3) is 0 Å². The van der Waals surface area contributed by atoms with E-state index in [9.17, 15) is 5.11 Å². The molecule has 0 aromatic heterocycles. The number of hydrogen-bond donors (Lipinski definition) is 1. The van der Waals surface area contributed by atoms with Gasteiger partial charge in [0.2, 0.25) is 0 Å². The Bertz CT molecular complexity index is 621. The molecule has 2 nitrogen and oxygen atoms in total. The molecule has 0 fully saturated rings. The summed E-state index contributed by atoms with van der Waals surface area (Å²) in [4.78, 5) is 0. The smallest absolute Gasteiger partial charge is 0.169 e. The molecule has 2 aromatic carbocycles. The molecule has 0 spiro atoms. The maximum atomic E-state index is 10.0. The van der Waals surface area contributed by atoms with Crippen molar-refractivity contribution in [2.75, 3.05) is 0 Å². The van der Waals surface area contributed by atoms with Gasteiger partial charge in [-0.2, -0.15) is 0 Å². The first-order valence-corrected chi connectivity index (χ1v) is 9.81. The standard InChI is InChI=1S/C23H32O2/c1-3-5-6-7-8-14-19(13-4-2)20-15-9-11-17-22(20)25-23-18-12-10-16-21(23)24/h9-12,15-19,24H,3-8,13-14H2,1-2H3. The lowest BCUT2D eigenvalue weighted by Gasteiger charge is -2.20. The molecule has 0 saturated carbocycles. The summed E-state index contributed by atoms with van der Waals surface area (Å²) in [5.74, 6) is 2.10. The van der Waals surface area contributed by atoms with E-state index in [4.69, 9.17) is 4.74 Å². The Balaban J connectivity index is 2.10. The van der Waals surface area contributed by atoms with Gasteiger partial charge < -0.3 is 9.84 Å². The maximum Gasteiger partial charge on any atom is 0.169 e. The minimum atomic E-state index is 0.184. The summed E-state index contributed by atoms with van der Waals surface area (Å²) in [5, 5.41) is 10.0. The second-order valence-corrected chi connectivity index (χ2v) is 6.80. The van der Waals surface area contributed by atoms with Crippen molar-refractivity contribution in [3.8, 4) is 17.2 Å². The van der Waals surface area contributed by atoms with E-state index in [2.05, 4.69) is 26.0 Å². The molecule has 1 atom stereocenters. The molecule has 2 heteroatoms. The summed E-state index contributed by atoms with van der Waals surface area (Å²) in [5.41, 5.74) is 1.27. The molecule has 0 saturated heterocycles. The van der Waals surface area contributed by atoms with Gasteiger partial charge >= 0.3 is 0 Å². The van der Waals surface area contributed by atoms with E-state index in [0.29, 0.717) is 11.7 Å². The topological polar surface area (TPSA) is 29.5 Å². The first-order valence-electron chi connectivity index (χ1n) is 9.81. The summed E-state index contributed by atoms with van der Waals surface area (Å²) in [6, 6.07) is 15.5. The third-order valence-corrected chi connectivity index (χ3v) is 4.74. The van der Waals surface area contributed by atoms with Gasteiger partial charge in [0.1, 0.15) is 5.75 Å². The molecule has 1 unspecified atom stereocenters. The highest BCUT2D eigenvalue weighted by atomic mass is 16.5. The zero-order valence-electron chi connectivity index (χ0n) is 15.7. The molecule has 0 aliphatic heterocycles. The average Bonchev–Trinajstić information content (AvgIpc) is 2.63. The highest BCUT2D eigenvalue weighted by Crippen LogP contribution is 2.38. The van der Waals surface area contributed by atoms with Crippen LogP contribution >= 0.6 is 0 Å². The molecule has 136 valence electrons. The van der Waals surface area contributed by atoms with Gasteiger partial charge in [-0.1, -0.05) is 82.7 Å². The average molecular weight is 341 g/mol. The van der Waals surface area contributed by atoms with Crippen LogP contribution in [0.15, 0.2) is 48.5 Å². The molecule has 25 heavy (non-hydrogen) atoms. The SMILES string of the molecule is CCCCCCCC(CCC)c1ccccc1Oc1ccccc1O. The monoisotopic (exact) mass is 340 g/mol. The van der Waals surface area contributed by atoms with Crippen LogP contribution in [-0.4, -0.2) is 5.11 Å². The number of phenols is 1. The van der Waals surface area contributed by atoms with Gasteiger partial charge in [0, 0.05) is 0 Å². The lowest BCUT2D eigenvalue weighted by molar-refractivity contribution is 0.403. The van der Waals surface area contributed by atoms with Gasteiger partial charge in [-0.3, -0.25) is 0 Å². The minimum Gasteiger partial charge on any atom is -0.504 e. The molecule has 2 aromatic rings. The van der Waals surface area contributed by atoms with E-state index in [1.54, 1.807) is 6.07 Å². The van der Waals surface area contributed by atoms with Crippen LogP contribution in [0.4, 0.5) is 0 Å². The van der Waals surface area contributed by atoms with E-state index in [0.717, 1.165) is 5.75 Å². The maximum absolute atomic E-state index is 10.0. The van der Waals surface area contributed by atoms with Crippen molar-refractivity contribution in [3.05, 3.63) is 54.1 Å². The highest BCUT2D eigenvalue weighted by Gasteiger charge is 2.16. The Labute approximate surface area is 152 Å². The Hall–Kier alpha value is -1.96. The molecule has 0 bridgehead atoms. The van der Waals surface area contributed by atoms with Gasteiger partial charge in [-0.15, -0.1) is 0 Å². The molecule has 1 N–H and O–H groups in total. The van der Waals surface area contributed by atoms with Gasteiger partial charge in [-0.25, -0.2) is 0 Å². The van der Waals surface area contributed by atoms with Crippen LogP contribution < -0.4 is 4.74 Å². The fraction of sp³-hybridized carbons (Fsp3) is 0.478. The first kappa shape index (κ1) is 19.4. The molecular weight excluding hydrogens is 308 g/mol. The predicted octanol–water partition coefficient (Wildman–Crippen LogP) is 7.43. The molecule has 0 radical (unpaired) electrons. The fourth-order valence-corrected chi connectivity index (χ4v) is 3.37. The minimum absolute atomic E-state index is 0.184. The Kier molecular flexibility index (Phi) is 8.38. The van der Waals surface area contributed by atoms with Crippen molar-refractivity contribution >= 4 is 0 Å². The Morgan fingerprint density at radius 3 is 2.16 bits per heavy atom. The third kappa shape index (κ3) is 6.12. The van der Waals surface area contributed by atoms with Gasteiger partial charge in [0.05, 0.1) is 0 Å². The van der Waals surface area contributed by atoms with Crippen molar-refractivity contribution in [1.29, 1.82) is 0 Å². The van der Waals surface area contributed by atoms with E-state index >= 15 is 0 Å². The number of rotatable bonds is 11. The fourth-order valence-electron chi connectivity index (χ4n) is 3.37. The highest BCUT2D eigenvalue weighted by molar-refractivity contribution is 5.45. The lowest BCUT2D eigenvalue weighted by Crippen LogP contribution is -2.02. The van der Waals surface area contributed by atoms with E-state index in [-0.39, 0.29) is 5.75 Å². The van der Waals surface area contributed by atoms with E-state index in [1.807, 2.05) is 30.3 Å². The van der Waals surface area contributed by atoms with Crippen molar-refractivity contribution < 1.29 is 9.84 Å². The summed E-state index contributed by atoms with van der Waals surface area (Å²) < 4.78 is 6.06.